The van der Waals surface area contributed by atoms with E-state index in [1.807, 2.05) is 36.4 Å². The molecule has 3 rings (SSSR count). The first-order chi connectivity index (χ1) is 13.5. The van der Waals surface area contributed by atoms with Crippen molar-refractivity contribution < 1.29 is 9.47 Å². The monoisotopic (exact) mass is 434 g/mol. The van der Waals surface area contributed by atoms with Crippen LogP contribution in [0.15, 0.2) is 65.8 Å². The lowest BCUT2D eigenvalue weighted by molar-refractivity contribution is 0.284. The van der Waals surface area contributed by atoms with Gasteiger partial charge in [-0.3, -0.25) is 5.43 Å². The average molecular weight is 436 g/mol. The van der Waals surface area contributed by atoms with Crippen LogP contribution in [0.3, 0.4) is 0 Å². The van der Waals surface area contributed by atoms with Gasteiger partial charge < -0.3 is 9.47 Å². The molecule has 1 N–H and O–H groups in total. The van der Waals surface area contributed by atoms with E-state index in [0.29, 0.717) is 33.2 Å². The fraction of sp³-hybridized carbons (Fsp3) is 0.0952. The number of benzene rings is 3. The highest BCUT2D eigenvalue weighted by atomic mass is 35.5. The number of methoxy groups -OCH3 is 1. The molecule has 0 aliphatic carbocycles. The highest BCUT2D eigenvalue weighted by Crippen LogP contribution is 2.29. The summed E-state index contributed by atoms with van der Waals surface area (Å²) in [5.41, 5.74) is 5.56. The Balaban J connectivity index is 1.64. The topological polar surface area (TPSA) is 42.8 Å². The lowest BCUT2D eigenvalue weighted by Crippen LogP contribution is -1.99. The molecule has 0 bridgehead atoms. The van der Waals surface area contributed by atoms with E-state index in [0.717, 1.165) is 16.8 Å². The number of nitrogens with zero attached hydrogens (tertiary/aromatic N) is 1. The molecule has 3 aromatic carbocycles. The van der Waals surface area contributed by atoms with Crippen molar-refractivity contribution in [1.29, 1.82) is 0 Å². The van der Waals surface area contributed by atoms with E-state index >= 15 is 0 Å². The van der Waals surface area contributed by atoms with E-state index in [1.165, 1.54) is 0 Å². The SMILES string of the molecule is COc1cc(/C=N/Nc2ccc(Cl)cc2)ccc1OCc1ccc(Cl)c(Cl)c1. The van der Waals surface area contributed by atoms with E-state index in [9.17, 15) is 0 Å². The summed E-state index contributed by atoms with van der Waals surface area (Å²) in [6.07, 6.45) is 1.69. The molecular formula is C21H17Cl3N2O2. The van der Waals surface area contributed by atoms with Crippen LogP contribution in [0.1, 0.15) is 11.1 Å². The van der Waals surface area contributed by atoms with E-state index in [1.54, 1.807) is 37.6 Å². The molecule has 0 amide bonds. The maximum atomic E-state index is 6.04. The molecule has 0 spiro atoms. The van der Waals surface area contributed by atoms with Gasteiger partial charge in [0.25, 0.3) is 0 Å². The highest BCUT2D eigenvalue weighted by Gasteiger charge is 2.07. The number of hydrogen-bond donors (Lipinski definition) is 1. The van der Waals surface area contributed by atoms with E-state index in [-0.39, 0.29) is 0 Å². The maximum absolute atomic E-state index is 6.04. The summed E-state index contributed by atoms with van der Waals surface area (Å²) in [7, 11) is 1.59. The van der Waals surface area contributed by atoms with Crippen LogP contribution in [0.25, 0.3) is 0 Å². The Morgan fingerprint density at radius 1 is 0.893 bits per heavy atom. The smallest absolute Gasteiger partial charge is 0.161 e. The predicted molar refractivity (Wildman–Crippen MR) is 116 cm³/mol. The number of hydrogen-bond acceptors (Lipinski definition) is 4. The molecule has 7 heteroatoms. The quantitative estimate of drug-likeness (QED) is 0.332. The normalized spacial score (nSPS) is 10.9. The summed E-state index contributed by atoms with van der Waals surface area (Å²) < 4.78 is 11.3. The van der Waals surface area contributed by atoms with Gasteiger partial charge in [0, 0.05) is 5.02 Å². The minimum absolute atomic E-state index is 0.346. The van der Waals surface area contributed by atoms with Crippen LogP contribution >= 0.6 is 34.8 Å². The fourth-order valence-electron chi connectivity index (χ4n) is 2.38. The van der Waals surface area contributed by atoms with Gasteiger partial charge in [0.05, 0.1) is 29.1 Å². The van der Waals surface area contributed by atoms with Gasteiger partial charge in [-0.15, -0.1) is 0 Å². The molecule has 0 saturated carbocycles. The Morgan fingerprint density at radius 3 is 2.39 bits per heavy atom. The van der Waals surface area contributed by atoms with Crippen molar-refractivity contribution in [3.63, 3.8) is 0 Å². The third kappa shape index (κ3) is 5.55. The van der Waals surface area contributed by atoms with Gasteiger partial charge >= 0.3 is 0 Å². The van der Waals surface area contributed by atoms with Gasteiger partial charge in [0.15, 0.2) is 11.5 Å². The van der Waals surface area contributed by atoms with Crippen molar-refractivity contribution in [3.8, 4) is 11.5 Å². The van der Waals surface area contributed by atoms with Crippen molar-refractivity contribution in [2.75, 3.05) is 12.5 Å². The van der Waals surface area contributed by atoms with Gasteiger partial charge in [-0.05, 0) is 65.7 Å². The lowest BCUT2D eigenvalue weighted by atomic mass is 10.2. The number of hydrazone groups is 1. The van der Waals surface area contributed by atoms with Gasteiger partial charge in [0.2, 0.25) is 0 Å². The minimum atomic E-state index is 0.346. The zero-order valence-corrected chi connectivity index (χ0v) is 17.2. The molecule has 4 nitrogen and oxygen atoms in total. The molecule has 0 radical (unpaired) electrons. The molecule has 144 valence electrons. The third-order valence-corrected chi connectivity index (χ3v) is 4.81. The summed E-state index contributed by atoms with van der Waals surface area (Å²) in [6.45, 7) is 0.346. The first-order valence-electron chi connectivity index (χ1n) is 8.34. The molecule has 28 heavy (non-hydrogen) atoms. The fourth-order valence-corrected chi connectivity index (χ4v) is 2.83. The minimum Gasteiger partial charge on any atom is -0.493 e. The van der Waals surface area contributed by atoms with Crippen LogP contribution in [-0.4, -0.2) is 13.3 Å². The molecule has 0 saturated heterocycles. The largest absolute Gasteiger partial charge is 0.493 e. The number of anilines is 1. The number of halogens is 3. The van der Waals surface area contributed by atoms with Crippen molar-refractivity contribution in [3.05, 3.63) is 86.9 Å². The Bertz CT molecular complexity index is 976. The summed E-state index contributed by atoms with van der Waals surface area (Å²) in [5, 5.41) is 5.90. The first-order valence-corrected chi connectivity index (χ1v) is 9.48. The van der Waals surface area contributed by atoms with Crippen LogP contribution in [0.2, 0.25) is 15.1 Å². The van der Waals surface area contributed by atoms with Crippen molar-refractivity contribution in [1.82, 2.24) is 0 Å². The third-order valence-electron chi connectivity index (χ3n) is 3.82. The van der Waals surface area contributed by atoms with E-state index in [4.69, 9.17) is 44.3 Å². The van der Waals surface area contributed by atoms with Crippen molar-refractivity contribution >= 4 is 46.7 Å². The Hall–Kier alpha value is -2.40. The second kappa shape index (κ2) is 9.69. The van der Waals surface area contributed by atoms with Gasteiger partial charge in [-0.1, -0.05) is 40.9 Å². The number of ether oxygens (including phenoxy) is 2. The second-order valence-corrected chi connectivity index (χ2v) is 7.08. The molecule has 0 unspecified atom stereocenters. The summed E-state index contributed by atoms with van der Waals surface area (Å²) in [5.74, 6) is 1.23. The Morgan fingerprint density at radius 2 is 1.68 bits per heavy atom. The van der Waals surface area contributed by atoms with E-state index < -0.39 is 0 Å². The molecule has 3 aromatic rings. The van der Waals surface area contributed by atoms with Crippen LogP contribution in [0, 0.1) is 0 Å². The second-order valence-electron chi connectivity index (χ2n) is 5.82. The van der Waals surface area contributed by atoms with E-state index in [2.05, 4.69) is 10.5 Å². The zero-order valence-electron chi connectivity index (χ0n) is 15.0. The molecule has 0 atom stereocenters. The van der Waals surface area contributed by atoms with Gasteiger partial charge in [-0.2, -0.15) is 5.10 Å². The summed E-state index contributed by atoms with van der Waals surface area (Å²) in [6, 6.07) is 18.2. The predicted octanol–water partition coefficient (Wildman–Crippen LogP) is 6.68. The summed E-state index contributed by atoms with van der Waals surface area (Å²) in [4.78, 5) is 0. The lowest BCUT2D eigenvalue weighted by Gasteiger charge is -2.12. The van der Waals surface area contributed by atoms with Crippen LogP contribution in [0.5, 0.6) is 11.5 Å². The summed E-state index contributed by atoms with van der Waals surface area (Å²) >= 11 is 17.8. The molecular weight excluding hydrogens is 419 g/mol. The molecule has 0 aliphatic heterocycles. The highest BCUT2D eigenvalue weighted by molar-refractivity contribution is 6.42. The Kier molecular flexibility index (Phi) is 7.04. The zero-order chi connectivity index (χ0) is 19.9. The van der Waals surface area contributed by atoms with Crippen molar-refractivity contribution in [2.24, 2.45) is 5.10 Å². The number of rotatable bonds is 7. The van der Waals surface area contributed by atoms with Crippen LogP contribution < -0.4 is 14.9 Å². The van der Waals surface area contributed by atoms with Crippen LogP contribution in [0.4, 0.5) is 5.69 Å². The Labute approximate surface area is 178 Å². The van der Waals surface area contributed by atoms with Gasteiger partial charge in [0.1, 0.15) is 6.61 Å². The molecule has 0 fully saturated rings. The number of nitrogens with one attached hydrogen (secondary N) is 1. The van der Waals surface area contributed by atoms with Crippen LogP contribution in [-0.2, 0) is 6.61 Å². The van der Waals surface area contributed by atoms with Gasteiger partial charge in [-0.25, -0.2) is 0 Å². The van der Waals surface area contributed by atoms with Crippen molar-refractivity contribution in [2.45, 2.75) is 6.61 Å². The first kappa shape index (κ1) is 20.3. The molecule has 0 aliphatic rings. The average Bonchev–Trinajstić information content (AvgIpc) is 2.71. The molecule has 0 heterocycles. The standard InChI is InChI=1S/C21H17Cl3N2O2/c1-27-21-11-14(12-25-26-17-6-4-16(22)5-7-17)3-9-20(21)28-13-15-2-8-18(23)19(24)10-15/h2-12,26H,13H2,1H3/b25-12+. The molecule has 0 aromatic heterocycles. The maximum Gasteiger partial charge on any atom is 0.161 e.